The van der Waals surface area contributed by atoms with E-state index in [1.54, 1.807) is 12.1 Å². The van der Waals surface area contributed by atoms with E-state index in [-0.39, 0.29) is 17.8 Å². The molecule has 1 unspecified atom stereocenters. The molecule has 1 atom stereocenters. The number of nitrogens with zero attached hydrogens (tertiary/aromatic N) is 3. The Bertz CT molecular complexity index is 797. The summed E-state index contributed by atoms with van der Waals surface area (Å²) in [6, 6.07) is 6.55. The normalized spacial score (nSPS) is 20.5. The number of morpholine rings is 1. The number of hydrogen-bond donors (Lipinski definition) is 2. The monoisotopic (exact) mass is 373 g/mol. The molecule has 7 nitrogen and oxygen atoms in total. The van der Waals surface area contributed by atoms with Crippen LogP contribution in [0.15, 0.2) is 30.5 Å². The Morgan fingerprint density at radius 1 is 1.30 bits per heavy atom. The van der Waals surface area contributed by atoms with E-state index in [9.17, 15) is 9.18 Å². The maximum absolute atomic E-state index is 14.0. The first-order valence-corrected chi connectivity index (χ1v) is 9.39. The average Bonchev–Trinajstić information content (AvgIpc) is 3.19. The highest BCUT2D eigenvalue weighted by Gasteiger charge is 2.19. The van der Waals surface area contributed by atoms with Gasteiger partial charge in [0, 0.05) is 37.2 Å². The van der Waals surface area contributed by atoms with Crippen LogP contribution in [0.2, 0.25) is 0 Å². The van der Waals surface area contributed by atoms with E-state index in [0.29, 0.717) is 37.7 Å². The second-order valence-corrected chi connectivity index (χ2v) is 6.93. The van der Waals surface area contributed by atoms with Crippen LogP contribution in [0.3, 0.4) is 0 Å². The van der Waals surface area contributed by atoms with E-state index in [0.717, 1.165) is 31.6 Å². The molecule has 2 aromatic rings. The molecule has 0 spiro atoms. The molecule has 2 aliphatic rings. The topological polar surface area (TPSA) is 71.4 Å². The van der Waals surface area contributed by atoms with Crippen LogP contribution < -0.4 is 15.5 Å². The summed E-state index contributed by atoms with van der Waals surface area (Å²) in [5.74, 6) is -0.718. The first-order valence-electron chi connectivity index (χ1n) is 9.39. The zero-order valence-electron chi connectivity index (χ0n) is 15.2. The van der Waals surface area contributed by atoms with Crippen molar-refractivity contribution in [1.82, 2.24) is 15.1 Å². The number of nitrogens with one attached hydrogen (secondary N) is 2. The first-order chi connectivity index (χ1) is 13.2. The highest BCUT2D eigenvalue weighted by atomic mass is 19.1. The van der Waals surface area contributed by atoms with Gasteiger partial charge in [0.05, 0.1) is 19.3 Å². The zero-order chi connectivity index (χ0) is 18.6. The van der Waals surface area contributed by atoms with Crippen molar-refractivity contribution in [3.05, 3.63) is 42.0 Å². The number of hydrogen-bond acceptors (Lipinski definition) is 5. The van der Waals surface area contributed by atoms with Crippen molar-refractivity contribution >= 4 is 17.3 Å². The van der Waals surface area contributed by atoms with Gasteiger partial charge in [-0.3, -0.25) is 9.48 Å². The molecule has 8 heteroatoms. The van der Waals surface area contributed by atoms with Gasteiger partial charge in [-0.05, 0) is 43.7 Å². The quantitative estimate of drug-likeness (QED) is 0.858. The number of rotatable bonds is 4. The Morgan fingerprint density at radius 3 is 2.93 bits per heavy atom. The highest BCUT2D eigenvalue weighted by molar-refractivity contribution is 6.03. The molecule has 2 aliphatic heterocycles. The van der Waals surface area contributed by atoms with Crippen molar-refractivity contribution in [2.24, 2.45) is 0 Å². The fraction of sp³-hybridized carbons (Fsp3) is 0.474. The van der Waals surface area contributed by atoms with Crippen molar-refractivity contribution in [2.75, 3.05) is 49.6 Å². The summed E-state index contributed by atoms with van der Waals surface area (Å²) in [6.45, 7) is 4.52. The number of amides is 1. The van der Waals surface area contributed by atoms with Crippen LogP contribution >= 0.6 is 0 Å². The minimum absolute atomic E-state index is 0.266. The smallest absolute Gasteiger partial charge is 0.276 e. The minimum Gasteiger partial charge on any atom is -0.378 e. The van der Waals surface area contributed by atoms with Crippen molar-refractivity contribution in [2.45, 2.75) is 18.9 Å². The van der Waals surface area contributed by atoms with Crippen LogP contribution in [0.4, 0.5) is 15.8 Å². The summed E-state index contributed by atoms with van der Waals surface area (Å²) < 4.78 is 21.2. The highest BCUT2D eigenvalue weighted by Crippen LogP contribution is 2.23. The molecular weight excluding hydrogens is 349 g/mol. The SMILES string of the molecule is O=C(Nc1cc(F)cc(N2CCOCC2)c1)c1ccn(C2CCCNC2)n1. The summed E-state index contributed by atoms with van der Waals surface area (Å²) in [5, 5.41) is 10.5. The maximum atomic E-state index is 14.0. The Hall–Kier alpha value is -2.45. The molecule has 2 fully saturated rings. The molecular formula is C19H24FN5O2. The lowest BCUT2D eigenvalue weighted by Crippen LogP contribution is -2.36. The Labute approximate surface area is 157 Å². The molecule has 2 saturated heterocycles. The standard InChI is InChI=1S/C19H24FN5O2/c20-14-10-15(12-17(11-14)24-6-8-27-9-7-24)22-19(26)18-3-5-25(23-18)16-2-1-4-21-13-16/h3,5,10-12,16,21H,1-2,4,6-9,13H2,(H,22,26). The molecule has 2 N–H and O–H groups in total. The number of carbonyl (C=O) groups excluding carboxylic acids is 1. The lowest BCUT2D eigenvalue weighted by molar-refractivity contribution is 0.102. The van der Waals surface area contributed by atoms with Crippen molar-refractivity contribution < 1.29 is 13.9 Å². The van der Waals surface area contributed by atoms with Crippen molar-refractivity contribution in [3.63, 3.8) is 0 Å². The van der Waals surface area contributed by atoms with Crippen molar-refractivity contribution in [3.8, 4) is 0 Å². The van der Waals surface area contributed by atoms with Gasteiger partial charge in [-0.15, -0.1) is 0 Å². The van der Waals surface area contributed by atoms with Gasteiger partial charge in [0.1, 0.15) is 5.82 Å². The number of benzene rings is 1. The predicted octanol–water partition coefficient (Wildman–Crippen LogP) is 2.04. The first kappa shape index (κ1) is 17.9. The lowest BCUT2D eigenvalue weighted by Gasteiger charge is -2.29. The fourth-order valence-electron chi connectivity index (χ4n) is 3.57. The molecule has 4 rings (SSSR count). The Balaban J connectivity index is 1.46. The van der Waals surface area contributed by atoms with Crippen molar-refractivity contribution in [1.29, 1.82) is 0 Å². The van der Waals surface area contributed by atoms with E-state index in [1.165, 1.54) is 12.1 Å². The van der Waals surface area contributed by atoms with Crippen LogP contribution in [0.1, 0.15) is 29.4 Å². The molecule has 0 aliphatic carbocycles. The zero-order valence-corrected chi connectivity index (χ0v) is 15.2. The van der Waals surface area contributed by atoms with Crippen LogP contribution in [0.25, 0.3) is 0 Å². The summed E-state index contributed by atoms with van der Waals surface area (Å²) in [7, 11) is 0. The Kier molecular flexibility index (Phi) is 5.35. The number of halogens is 1. The molecule has 1 aromatic carbocycles. The van der Waals surface area contributed by atoms with E-state index in [4.69, 9.17) is 4.74 Å². The summed E-state index contributed by atoms with van der Waals surface area (Å²) in [4.78, 5) is 14.6. The van der Waals surface area contributed by atoms with Gasteiger partial charge in [0.2, 0.25) is 0 Å². The number of carbonyl (C=O) groups is 1. The summed E-state index contributed by atoms with van der Waals surface area (Å²) in [5.41, 5.74) is 1.50. The minimum atomic E-state index is -0.381. The number of piperidine rings is 1. The molecule has 27 heavy (non-hydrogen) atoms. The van der Waals surface area contributed by atoms with Gasteiger partial charge < -0.3 is 20.3 Å². The van der Waals surface area contributed by atoms with E-state index < -0.39 is 0 Å². The second kappa shape index (κ2) is 8.06. The third kappa shape index (κ3) is 4.28. The predicted molar refractivity (Wildman–Crippen MR) is 101 cm³/mol. The van der Waals surface area contributed by atoms with E-state index in [2.05, 4.69) is 15.7 Å². The van der Waals surface area contributed by atoms with Gasteiger partial charge in [-0.1, -0.05) is 0 Å². The molecule has 3 heterocycles. The fourth-order valence-corrected chi connectivity index (χ4v) is 3.57. The van der Waals surface area contributed by atoms with Crippen LogP contribution in [-0.4, -0.2) is 55.1 Å². The number of aromatic nitrogens is 2. The van der Waals surface area contributed by atoms with E-state index in [1.807, 2.05) is 15.8 Å². The number of ether oxygens (including phenoxy) is 1. The molecule has 144 valence electrons. The van der Waals surface area contributed by atoms with Crippen LogP contribution in [0.5, 0.6) is 0 Å². The third-order valence-electron chi connectivity index (χ3n) is 5.00. The van der Waals surface area contributed by atoms with Gasteiger partial charge in [0.25, 0.3) is 5.91 Å². The second-order valence-electron chi connectivity index (χ2n) is 6.93. The largest absolute Gasteiger partial charge is 0.378 e. The van der Waals surface area contributed by atoms with Crippen LogP contribution in [0, 0.1) is 5.82 Å². The van der Waals surface area contributed by atoms with Gasteiger partial charge >= 0.3 is 0 Å². The molecule has 0 radical (unpaired) electrons. The molecule has 1 aromatic heterocycles. The van der Waals surface area contributed by atoms with E-state index >= 15 is 0 Å². The lowest BCUT2D eigenvalue weighted by atomic mass is 10.1. The third-order valence-corrected chi connectivity index (χ3v) is 5.00. The molecule has 0 bridgehead atoms. The average molecular weight is 373 g/mol. The molecule has 0 saturated carbocycles. The maximum Gasteiger partial charge on any atom is 0.276 e. The van der Waals surface area contributed by atoms with Gasteiger partial charge in [-0.25, -0.2) is 4.39 Å². The number of anilines is 2. The summed E-state index contributed by atoms with van der Waals surface area (Å²) >= 11 is 0. The summed E-state index contributed by atoms with van der Waals surface area (Å²) in [6.07, 6.45) is 3.97. The molecule has 1 amide bonds. The Morgan fingerprint density at radius 2 is 2.15 bits per heavy atom. The van der Waals surface area contributed by atoms with Crippen LogP contribution in [-0.2, 0) is 4.74 Å². The van der Waals surface area contributed by atoms with Gasteiger partial charge in [-0.2, -0.15) is 5.10 Å². The van der Waals surface area contributed by atoms with Gasteiger partial charge in [0.15, 0.2) is 5.69 Å².